The maximum absolute atomic E-state index is 13.7. The third kappa shape index (κ3) is 9.94. The molecule has 2 N–H and O–H groups in total. The summed E-state index contributed by atoms with van der Waals surface area (Å²) in [5.74, 6) is -4.18. The van der Waals surface area contributed by atoms with E-state index in [4.69, 9.17) is 31.1 Å². The predicted molar refractivity (Wildman–Crippen MR) is 147 cm³/mol. The molecule has 2 aromatic heterocycles. The van der Waals surface area contributed by atoms with Gasteiger partial charge in [-0.05, 0) is 56.3 Å². The Balaban J connectivity index is 0.000000233. The Bertz CT molecular complexity index is 1510. The molecule has 0 amide bonds. The number of halogens is 5. The highest BCUT2D eigenvalue weighted by Gasteiger charge is 2.18. The Kier molecular flexibility index (Phi) is 13.6. The molecule has 0 aliphatic carbocycles. The predicted octanol–water partition coefficient (Wildman–Crippen LogP) is 4.76. The summed E-state index contributed by atoms with van der Waals surface area (Å²) in [6.07, 6.45) is 2.95. The zero-order valence-corrected chi connectivity index (χ0v) is 23.0. The van der Waals surface area contributed by atoms with Crippen molar-refractivity contribution in [3.8, 4) is 11.3 Å². The Labute approximate surface area is 243 Å². The van der Waals surface area contributed by atoms with E-state index in [1.165, 1.54) is 24.5 Å². The molecule has 2 aromatic carbocycles. The smallest absolute Gasteiger partial charge is 0.462 e. The summed E-state index contributed by atoms with van der Waals surface area (Å²) >= 11 is 5.64. The van der Waals surface area contributed by atoms with Crippen LogP contribution in [0.2, 0.25) is 5.15 Å². The highest BCUT2D eigenvalue weighted by Crippen LogP contribution is 2.25. The van der Waals surface area contributed by atoms with Gasteiger partial charge in [0.15, 0.2) is 0 Å². The molecule has 0 unspecified atom stereocenters. The second-order valence-electron chi connectivity index (χ2n) is 7.85. The fourth-order valence-electron chi connectivity index (χ4n) is 3.13. The molecular weight excluding hydrogens is 583 g/mol. The van der Waals surface area contributed by atoms with Crippen molar-refractivity contribution in [3.05, 3.63) is 113 Å². The van der Waals surface area contributed by atoms with Gasteiger partial charge in [0, 0.05) is 35.6 Å². The van der Waals surface area contributed by atoms with Gasteiger partial charge in [0.2, 0.25) is 0 Å². The van der Waals surface area contributed by atoms with Gasteiger partial charge in [0.25, 0.3) is 0 Å². The van der Waals surface area contributed by atoms with Gasteiger partial charge < -0.3 is 19.5 Å². The molecule has 220 valence electrons. The molecule has 2 heterocycles. The average molecular weight is 607 g/mol. The fourth-order valence-corrected chi connectivity index (χ4v) is 3.33. The van der Waals surface area contributed by atoms with Crippen LogP contribution >= 0.6 is 11.6 Å². The normalized spacial score (nSPS) is 9.93. The molecule has 0 bridgehead atoms. The first-order valence-corrected chi connectivity index (χ1v) is 12.5. The molecule has 0 aliphatic rings. The van der Waals surface area contributed by atoms with Gasteiger partial charge in [-0.15, -0.1) is 0 Å². The van der Waals surface area contributed by atoms with E-state index >= 15 is 0 Å². The minimum Gasteiger partial charge on any atom is -0.462 e. The van der Waals surface area contributed by atoms with Crippen LogP contribution in [0.1, 0.15) is 34.6 Å². The van der Waals surface area contributed by atoms with Crippen LogP contribution in [0.4, 0.5) is 17.6 Å². The lowest BCUT2D eigenvalue weighted by molar-refractivity contribution is 0.0516. The SMILES string of the molecule is CCOC(=O)c1cccnc1-c1ccc(F)cc1F.CCOC(=O)c1cccnc1Cl.OB(O)c1ccc(F)cc1F. The average Bonchev–Trinajstić information content (AvgIpc) is 2.94. The van der Waals surface area contributed by atoms with E-state index in [1.54, 1.807) is 32.0 Å². The van der Waals surface area contributed by atoms with Crippen LogP contribution in [0.5, 0.6) is 0 Å². The quantitative estimate of drug-likeness (QED) is 0.140. The van der Waals surface area contributed by atoms with Crippen LogP contribution in [-0.2, 0) is 9.47 Å². The number of rotatable bonds is 6. The summed E-state index contributed by atoms with van der Waals surface area (Å²) in [6.45, 7) is 3.96. The molecule has 42 heavy (non-hydrogen) atoms. The highest BCUT2D eigenvalue weighted by molar-refractivity contribution is 6.58. The standard InChI is InChI=1S/C14H11F2NO2.C8H8ClNO2.C6H5BF2O2/c1-2-19-14(18)11-4-3-7-17-13(11)10-6-5-9(15)8-12(10)16;1-2-12-8(11)6-4-3-5-10-7(6)9;8-4-1-2-5(7(10)11)6(9)3-4/h3-8H,2H2,1H3;3-5H,2H2,1H3;1-3,10-11H. The van der Waals surface area contributed by atoms with Crippen molar-refractivity contribution in [2.45, 2.75) is 13.8 Å². The van der Waals surface area contributed by atoms with Crippen LogP contribution in [0.3, 0.4) is 0 Å². The molecule has 0 saturated heterocycles. The largest absolute Gasteiger partial charge is 0.491 e. The van der Waals surface area contributed by atoms with E-state index in [9.17, 15) is 27.2 Å². The molecule has 4 rings (SSSR count). The zero-order valence-electron chi connectivity index (χ0n) is 22.2. The monoisotopic (exact) mass is 606 g/mol. The van der Waals surface area contributed by atoms with Crippen LogP contribution in [0, 0.1) is 23.3 Å². The van der Waals surface area contributed by atoms with Crippen molar-refractivity contribution in [3.63, 3.8) is 0 Å². The molecule has 4 aromatic rings. The minimum absolute atomic E-state index is 0.0602. The second kappa shape index (κ2) is 16.8. The topological polar surface area (TPSA) is 119 Å². The van der Waals surface area contributed by atoms with E-state index in [1.807, 2.05) is 0 Å². The fraction of sp³-hybridized carbons (Fsp3) is 0.143. The van der Waals surface area contributed by atoms with Crippen LogP contribution in [0.15, 0.2) is 73.1 Å². The summed E-state index contributed by atoms with van der Waals surface area (Å²) in [7, 11) is -1.89. The van der Waals surface area contributed by atoms with Crippen LogP contribution in [-0.4, -0.2) is 52.3 Å². The third-order valence-electron chi connectivity index (χ3n) is 4.98. The first-order valence-electron chi connectivity index (χ1n) is 12.2. The summed E-state index contributed by atoms with van der Waals surface area (Å²) in [6, 6.07) is 11.9. The molecule has 0 radical (unpaired) electrons. The molecule has 0 aliphatic heterocycles. The van der Waals surface area contributed by atoms with Crippen molar-refractivity contribution in [1.82, 2.24) is 9.97 Å². The molecule has 0 fully saturated rings. The lowest BCUT2D eigenvalue weighted by Crippen LogP contribution is -2.32. The summed E-state index contributed by atoms with van der Waals surface area (Å²) < 4.78 is 61.0. The first-order chi connectivity index (χ1) is 20.0. The Morgan fingerprint density at radius 2 is 1.31 bits per heavy atom. The van der Waals surface area contributed by atoms with Gasteiger partial charge in [-0.2, -0.15) is 0 Å². The maximum atomic E-state index is 13.7. The molecule has 14 heteroatoms. The number of carbonyl (C=O) groups is 2. The zero-order chi connectivity index (χ0) is 31.2. The van der Waals surface area contributed by atoms with E-state index in [2.05, 4.69) is 9.97 Å². The lowest BCUT2D eigenvalue weighted by atomic mass is 9.80. The number of carbonyl (C=O) groups excluding carboxylic acids is 2. The van der Waals surface area contributed by atoms with Crippen molar-refractivity contribution in [2.75, 3.05) is 13.2 Å². The van der Waals surface area contributed by atoms with Crippen LogP contribution < -0.4 is 5.46 Å². The van der Waals surface area contributed by atoms with Crippen molar-refractivity contribution in [2.24, 2.45) is 0 Å². The van der Waals surface area contributed by atoms with E-state index < -0.39 is 42.3 Å². The van der Waals surface area contributed by atoms with Gasteiger partial charge in [-0.1, -0.05) is 17.7 Å². The van der Waals surface area contributed by atoms with Crippen molar-refractivity contribution in [1.29, 1.82) is 0 Å². The summed E-state index contributed by atoms with van der Waals surface area (Å²) in [5, 5.41) is 17.2. The van der Waals surface area contributed by atoms with Crippen LogP contribution in [0.25, 0.3) is 11.3 Å². The number of pyridine rings is 2. The number of benzene rings is 2. The van der Waals surface area contributed by atoms with E-state index in [0.29, 0.717) is 18.2 Å². The molecule has 0 atom stereocenters. The number of nitrogens with zero attached hydrogens (tertiary/aromatic N) is 2. The Hall–Kier alpha value is -4.33. The molecule has 0 spiro atoms. The van der Waals surface area contributed by atoms with Gasteiger partial charge in [0.05, 0.1) is 30.0 Å². The Morgan fingerprint density at radius 1 is 0.786 bits per heavy atom. The van der Waals surface area contributed by atoms with Gasteiger partial charge in [0.1, 0.15) is 28.4 Å². The van der Waals surface area contributed by atoms with Crippen molar-refractivity contribution < 1.29 is 46.7 Å². The third-order valence-corrected chi connectivity index (χ3v) is 5.29. The van der Waals surface area contributed by atoms with E-state index in [-0.39, 0.29) is 34.0 Å². The van der Waals surface area contributed by atoms with Gasteiger partial charge in [-0.3, -0.25) is 4.98 Å². The minimum atomic E-state index is -1.89. The number of aromatic nitrogens is 2. The lowest BCUT2D eigenvalue weighted by Gasteiger charge is -2.08. The first kappa shape index (κ1) is 33.9. The number of hydrogen-bond donors (Lipinski definition) is 2. The summed E-state index contributed by atoms with van der Waals surface area (Å²) in [5.41, 5.74) is 0.325. The van der Waals surface area contributed by atoms with Gasteiger partial charge in [-0.25, -0.2) is 32.1 Å². The number of ether oxygens (including phenoxy) is 2. The molecule has 0 saturated carbocycles. The van der Waals surface area contributed by atoms with E-state index in [0.717, 1.165) is 24.3 Å². The molecular formula is C28H24BClF4N2O6. The Morgan fingerprint density at radius 3 is 1.83 bits per heavy atom. The number of esters is 2. The summed E-state index contributed by atoms with van der Waals surface area (Å²) in [4.78, 5) is 30.6. The maximum Gasteiger partial charge on any atom is 0.491 e. The highest BCUT2D eigenvalue weighted by atomic mass is 35.5. The molecule has 8 nitrogen and oxygen atoms in total. The second-order valence-corrected chi connectivity index (χ2v) is 8.20. The van der Waals surface area contributed by atoms with Crippen molar-refractivity contribution >= 4 is 36.1 Å². The van der Waals surface area contributed by atoms with Gasteiger partial charge >= 0.3 is 19.1 Å². The number of hydrogen-bond acceptors (Lipinski definition) is 8.